The second kappa shape index (κ2) is 4.94. The van der Waals surface area contributed by atoms with E-state index in [0.29, 0.717) is 12.6 Å². The van der Waals surface area contributed by atoms with Crippen molar-refractivity contribution in [1.82, 2.24) is 4.90 Å². The number of nitrogens with zero attached hydrogens (tertiary/aromatic N) is 1. The number of carbonyl (C=O) groups is 1. The molecule has 1 amide bonds. The molecule has 2 N–H and O–H groups in total. The van der Waals surface area contributed by atoms with Crippen LogP contribution in [0.5, 0.6) is 0 Å². The Morgan fingerprint density at radius 2 is 2.20 bits per heavy atom. The molecule has 4 nitrogen and oxygen atoms in total. The molecule has 1 aliphatic carbocycles. The molecule has 1 atom stereocenters. The molecule has 1 aliphatic rings. The van der Waals surface area contributed by atoms with E-state index in [0.717, 1.165) is 19.3 Å². The lowest BCUT2D eigenvalue weighted by Gasteiger charge is -2.27. The predicted molar refractivity (Wildman–Crippen MR) is 59.5 cm³/mol. The molecule has 1 saturated carbocycles. The van der Waals surface area contributed by atoms with Gasteiger partial charge in [0, 0.05) is 19.6 Å². The maximum atomic E-state index is 11.7. The molecule has 0 aromatic carbocycles. The molecule has 1 unspecified atom stereocenters. The second-order valence-corrected chi connectivity index (χ2v) is 4.53. The van der Waals surface area contributed by atoms with Crippen LogP contribution in [0.15, 0.2) is 0 Å². The maximum Gasteiger partial charge on any atom is 0.248 e. The van der Waals surface area contributed by atoms with Crippen LogP contribution in [0.1, 0.15) is 33.1 Å². The summed E-state index contributed by atoms with van der Waals surface area (Å²) < 4.78 is 5.57. The number of hydrogen-bond acceptors (Lipinski definition) is 3. The molecule has 0 radical (unpaired) electrons. The molecule has 1 fully saturated rings. The van der Waals surface area contributed by atoms with E-state index in [4.69, 9.17) is 10.5 Å². The summed E-state index contributed by atoms with van der Waals surface area (Å²) in [7, 11) is 1.84. The average Bonchev–Trinajstić information content (AvgIpc) is 3.08. The topological polar surface area (TPSA) is 55.6 Å². The molecule has 0 aromatic rings. The monoisotopic (exact) mass is 214 g/mol. The van der Waals surface area contributed by atoms with Gasteiger partial charge in [0.2, 0.25) is 5.91 Å². The Labute approximate surface area is 91.8 Å². The lowest BCUT2D eigenvalue weighted by atomic mass is 10.0. The van der Waals surface area contributed by atoms with Gasteiger partial charge >= 0.3 is 0 Å². The van der Waals surface area contributed by atoms with Gasteiger partial charge in [-0.25, -0.2) is 0 Å². The zero-order valence-electron chi connectivity index (χ0n) is 9.95. The minimum Gasteiger partial charge on any atom is -0.364 e. The Morgan fingerprint density at radius 1 is 1.60 bits per heavy atom. The molecule has 0 bridgehead atoms. The van der Waals surface area contributed by atoms with E-state index in [-0.39, 0.29) is 18.1 Å². The molecular weight excluding hydrogens is 192 g/mol. The third-order valence-electron chi connectivity index (χ3n) is 3.21. The largest absolute Gasteiger partial charge is 0.364 e. The van der Waals surface area contributed by atoms with Gasteiger partial charge in [-0.1, -0.05) is 6.92 Å². The molecule has 0 aliphatic heterocycles. The van der Waals surface area contributed by atoms with Crippen LogP contribution < -0.4 is 5.73 Å². The SMILES string of the molecule is CCC(C)(CN)OCC(=O)N(C)C1CC1. The van der Waals surface area contributed by atoms with Gasteiger partial charge in [0.1, 0.15) is 6.61 Å². The Kier molecular flexibility index (Phi) is 4.11. The van der Waals surface area contributed by atoms with E-state index in [2.05, 4.69) is 0 Å². The molecule has 0 heterocycles. The van der Waals surface area contributed by atoms with Crippen molar-refractivity contribution in [2.75, 3.05) is 20.2 Å². The van der Waals surface area contributed by atoms with Gasteiger partial charge in [0.25, 0.3) is 0 Å². The summed E-state index contributed by atoms with van der Waals surface area (Å²) in [6.07, 6.45) is 3.08. The minimum absolute atomic E-state index is 0.0608. The van der Waals surface area contributed by atoms with Crippen LogP contribution in [-0.4, -0.2) is 42.6 Å². The Bertz CT molecular complexity index is 223. The first-order chi connectivity index (χ1) is 7.02. The van der Waals surface area contributed by atoms with Crippen molar-refractivity contribution < 1.29 is 9.53 Å². The lowest BCUT2D eigenvalue weighted by molar-refractivity contribution is -0.141. The number of nitrogens with two attached hydrogens (primary N) is 1. The zero-order chi connectivity index (χ0) is 11.5. The van der Waals surface area contributed by atoms with E-state index in [9.17, 15) is 4.79 Å². The minimum atomic E-state index is -0.361. The van der Waals surface area contributed by atoms with Crippen molar-refractivity contribution in [2.24, 2.45) is 5.73 Å². The highest BCUT2D eigenvalue weighted by atomic mass is 16.5. The van der Waals surface area contributed by atoms with Crippen molar-refractivity contribution in [2.45, 2.75) is 44.8 Å². The molecule has 1 rings (SSSR count). The summed E-state index contributed by atoms with van der Waals surface area (Å²) in [6, 6.07) is 0.451. The smallest absolute Gasteiger partial charge is 0.248 e. The fourth-order valence-electron chi connectivity index (χ4n) is 1.31. The van der Waals surface area contributed by atoms with E-state index in [1.807, 2.05) is 20.9 Å². The molecule has 88 valence electrons. The highest BCUT2D eigenvalue weighted by Crippen LogP contribution is 2.25. The normalized spacial score (nSPS) is 19.7. The van der Waals surface area contributed by atoms with Gasteiger partial charge in [0.15, 0.2) is 0 Å². The standard InChI is InChI=1S/C11H22N2O2/c1-4-11(2,8-12)15-7-10(14)13(3)9-5-6-9/h9H,4-8,12H2,1-3H3. The third-order valence-corrected chi connectivity index (χ3v) is 3.21. The van der Waals surface area contributed by atoms with Crippen LogP contribution in [0.2, 0.25) is 0 Å². The first-order valence-electron chi connectivity index (χ1n) is 5.62. The summed E-state index contributed by atoms with van der Waals surface area (Å²) >= 11 is 0. The van der Waals surface area contributed by atoms with E-state index < -0.39 is 0 Å². The molecule has 15 heavy (non-hydrogen) atoms. The Balaban J connectivity index is 2.31. The highest BCUT2D eigenvalue weighted by molar-refractivity contribution is 5.77. The number of hydrogen-bond donors (Lipinski definition) is 1. The van der Waals surface area contributed by atoms with E-state index >= 15 is 0 Å². The quantitative estimate of drug-likeness (QED) is 0.710. The van der Waals surface area contributed by atoms with Crippen LogP contribution in [0.3, 0.4) is 0 Å². The molecule has 0 spiro atoms. The fourth-order valence-corrected chi connectivity index (χ4v) is 1.31. The van der Waals surface area contributed by atoms with E-state index in [1.54, 1.807) is 4.90 Å². The summed E-state index contributed by atoms with van der Waals surface area (Å²) in [5, 5.41) is 0. The van der Waals surface area contributed by atoms with Crippen LogP contribution in [0.25, 0.3) is 0 Å². The highest BCUT2D eigenvalue weighted by Gasteiger charge is 2.30. The lowest BCUT2D eigenvalue weighted by Crippen LogP contribution is -2.41. The summed E-state index contributed by atoms with van der Waals surface area (Å²) in [5.74, 6) is 0.0608. The number of rotatable bonds is 6. The van der Waals surface area contributed by atoms with Gasteiger partial charge in [-0.2, -0.15) is 0 Å². The number of likely N-dealkylation sites (N-methyl/N-ethyl adjacent to an activating group) is 1. The summed E-state index contributed by atoms with van der Waals surface area (Å²) in [4.78, 5) is 13.4. The van der Waals surface area contributed by atoms with Crippen molar-refractivity contribution in [3.8, 4) is 0 Å². The van der Waals surface area contributed by atoms with Crippen LogP contribution in [0, 0.1) is 0 Å². The first kappa shape index (κ1) is 12.5. The molecule has 0 saturated heterocycles. The number of ether oxygens (including phenoxy) is 1. The van der Waals surface area contributed by atoms with Crippen molar-refractivity contribution in [3.63, 3.8) is 0 Å². The van der Waals surface area contributed by atoms with E-state index in [1.165, 1.54) is 0 Å². The van der Waals surface area contributed by atoms with Crippen molar-refractivity contribution in [3.05, 3.63) is 0 Å². The number of amides is 1. The third kappa shape index (κ3) is 3.47. The average molecular weight is 214 g/mol. The Hall–Kier alpha value is -0.610. The van der Waals surface area contributed by atoms with Crippen LogP contribution >= 0.6 is 0 Å². The van der Waals surface area contributed by atoms with Gasteiger partial charge in [0.05, 0.1) is 5.60 Å². The molecule has 4 heteroatoms. The molecular formula is C11H22N2O2. The molecule has 0 aromatic heterocycles. The van der Waals surface area contributed by atoms with Gasteiger partial charge in [-0.3, -0.25) is 4.79 Å². The summed E-state index contributed by atoms with van der Waals surface area (Å²) in [6.45, 7) is 4.55. The van der Waals surface area contributed by atoms with Crippen molar-refractivity contribution >= 4 is 5.91 Å². The predicted octanol–water partition coefficient (Wildman–Crippen LogP) is 0.751. The maximum absolute atomic E-state index is 11.7. The van der Waals surface area contributed by atoms with Crippen LogP contribution in [-0.2, 0) is 9.53 Å². The van der Waals surface area contributed by atoms with Gasteiger partial charge < -0.3 is 15.4 Å². The van der Waals surface area contributed by atoms with Gasteiger partial charge in [-0.15, -0.1) is 0 Å². The summed E-state index contributed by atoms with van der Waals surface area (Å²) in [5.41, 5.74) is 5.24. The Morgan fingerprint density at radius 3 is 2.60 bits per heavy atom. The zero-order valence-corrected chi connectivity index (χ0v) is 9.95. The van der Waals surface area contributed by atoms with Crippen molar-refractivity contribution in [1.29, 1.82) is 0 Å². The second-order valence-electron chi connectivity index (χ2n) is 4.53. The van der Waals surface area contributed by atoms with Crippen LogP contribution in [0.4, 0.5) is 0 Å². The van der Waals surface area contributed by atoms with Gasteiger partial charge in [-0.05, 0) is 26.2 Å². The first-order valence-corrected chi connectivity index (χ1v) is 5.62. The fraction of sp³-hybridized carbons (Fsp3) is 0.909. The number of carbonyl (C=O) groups excluding carboxylic acids is 1.